The molecule has 1 atom stereocenters. The van der Waals surface area contributed by atoms with E-state index in [0.29, 0.717) is 6.54 Å². The van der Waals surface area contributed by atoms with Crippen LogP contribution in [0.4, 0.5) is 5.82 Å². The van der Waals surface area contributed by atoms with Gasteiger partial charge in [0, 0.05) is 17.5 Å². The SMILES string of the molecule is Cc1sc2ncnc(NC(C)CN)c2c1C. The molecule has 5 heteroatoms. The summed E-state index contributed by atoms with van der Waals surface area (Å²) in [4.78, 5) is 10.9. The lowest BCUT2D eigenvalue weighted by atomic mass is 10.2. The van der Waals surface area contributed by atoms with Gasteiger partial charge < -0.3 is 11.1 Å². The first-order chi connectivity index (χ1) is 7.63. The predicted molar refractivity (Wildman–Crippen MR) is 69.0 cm³/mol. The molecule has 0 saturated carbocycles. The van der Waals surface area contributed by atoms with Gasteiger partial charge in [-0.1, -0.05) is 0 Å². The van der Waals surface area contributed by atoms with Gasteiger partial charge in [-0.15, -0.1) is 11.3 Å². The maximum Gasteiger partial charge on any atom is 0.138 e. The number of aryl methyl sites for hydroxylation is 2. The zero-order chi connectivity index (χ0) is 11.7. The second kappa shape index (κ2) is 4.35. The topological polar surface area (TPSA) is 63.8 Å². The second-order valence-electron chi connectivity index (χ2n) is 3.97. The van der Waals surface area contributed by atoms with Crippen LogP contribution in [-0.2, 0) is 0 Å². The highest BCUT2D eigenvalue weighted by atomic mass is 32.1. The Kier molecular flexibility index (Phi) is 3.07. The summed E-state index contributed by atoms with van der Waals surface area (Å²) in [5, 5.41) is 4.45. The molecule has 0 radical (unpaired) electrons. The van der Waals surface area contributed by atoms with Crippen LogP contribution in [0.5, 0.6) is 0 Å². The van der Waals surface area contributed by atoms with Crippen LogP contribution >= 0.6 is 11.3 Å². The van der Waals surface area contributed by atoms with Crippen LogP contribution in [0.2, 0.25) is 0 Å². The summed E-state index contributed by atoms with van der Waals surface area (Å²) < 4.78 is 0. The maximum atomic E-state index is 5.60. The Balaban J connectivity index is 2.52. The molecule has 16 heavy (non-hydrogen) atoms. The largest absolute Gasteiger partial charge is 0.366 e. The van der Waals surface area contributed by atoms with Gasteiger partial charge in [-0.2, -0.15) is 0 Å². The van der Waals surface area contributed by atoms with E-state index >= 15 is 0 Å². The molecule has 0 aromatic carbocycles. The molecule has 0 amide bonds. The standard InChI is InChI=1S/C11H16N4S/c1-6(4-12)15-10-9-7(2)8(3)16-11(9)14-5-13-10/h5-6H,4,12H2,1-3H3,(H,13,14,15). The molecule has 3 N–H and O–H groups in total. The van der Waals surface area contributed by atoms with Crippen LogP contribution < -0.4 is 11.1 Å². The molecule has 2 aromatic rings. The van der Waals surface area contributed by atoms with E-state index in [1.165, 1.54) is 10.4 Å². The number of aromatic nitrogens is 2. The van der Waals surface area contributed by atoms with Crippen molar-refractivity contribution in [3.05, 3.63) is 16.8 Å². The van der Waals surface area contributed by atoms with E-state index in [0.717, 1.165) is 16.0 Å². The van der Waals surface area contributed by atoms with Crippen LogP contribution in [-0.4, -0.2) is 22.6 Å². The van der Waals surface area contributed by atoms with Gasteiger partial charge in [0.25, 0.3) is 0 Å². The van der Waals surface area contributed by atoms with Crippen molar-refractivity contribution in [2.75, 3.05) is 11.9 Å². The normalized spacial score (nSPS) is 13.0. The molecule has 2 heterocycles. The summed E-state index contributed by atoms with van der Waals surface area (Å²) in [6, 6.07) is 0.220. The Morgan fingerprint density at radius 1 is 1.44 bits per heavy atom. The Hall–Kier alpha value is -1.20. The first-order valence-electron chi connectivity index (χ1n) is 5.30. The summed E-state index contributed by atoms with van der Waals surface area (Å²) in [6.45, 7) is 6.85. The van der Waals surface area contributed by atoms with Gasteiger partial charge in [-0.25, -0.2) is 9.97 Å². The zero-order valence-electron chi connectivity index (χ0n) is 9.74. The lowest BCUT2D eigenvalue weighted by molar-refractivity contribution is 0.799. The van der Waals surface area contributed by atoms with Crippen LogP contribution in [0.1, 0.15) is 17.4 Å². The number of fused-ring (bicyclic) bond motifs is 1. The highest BCUT2D eigenvalue weighted by Crippen LogP contribution is 2.32. The van der Waals surface area contributed by atoms with Crippen molar-refractivity contribution in [1.82, 2.24) is 9.97 Å². The fourth-order valence-corrected chi connectivity index (χ4v) is 2.58. The van der Waals surface area contributed by atoms with Crippen molar-refractivity contribution < 1.29 is 0 Å². The third kappa shape index (κ3) is 1.88. The molecule has 2 rings (SSSR count). The number of anilines is 1. The van der Waals surface area contributed by atoms with E-state index in [1.54, 1.807) is 17.7 Å². The lowest BCUT2D eigenvalue weighted by Crippen LogP contribution is -2.25. The van der Waals surface area contributed by atoms with E-state index < -0.39 is 0 Å². The first-order valence-corrected chi connectivity index (χ1v) is 6.12. The van der Waals surface area contributed by atoms with Gasteiger partial charge in [-0.05, 0) is 26.3 Å². The fraction of sp³-hybridized carbons (Fsp3) is 0.455. The van der Waals surface area contributed by atoms with Crippen molar-refractivity contribution in [2.24, 2.45) is 5.73 Å². The minimum absolute atomic E-state index is 0.220. The third-order valence-corrected chi connectivity index (χ3v) is 3.82. The molecule has 1 unspecified atom stereocenters. The predicted octanol–water partition coefficient (Wildman–Crippen LogP) is 2.07. The molecule has 4 nitrogen and oxygen atoms in total. The molecule has 0 aliphatic heterocycles. The molecule has 2 aromatic heterocycles. The van der Waals surface area contributed by atoms with Crippen LogP contribution in [0.15, 0.2) is 6.33 Å². The lowest BCUT2D eigenvalue weighted by Gasteiger charge is -2.12. The van der Waals surface area contributed by atoms with Gasteiger partial charge >= 0.3 is 0 Å². The number of nitrogens with zero attached hydrogens (tertiary/aromatic N) is 2. The summed E-state index contributed by atoms with van der Waals surface area (Å²) >= 11 is 1.71. The Morgan fingerprint density at radius 3 is 2.88 bits per heavy atom. The van der Waals surface area contributed by atoms with E-state index in [1.807, 2.05) is 6.92 Å². The maximum absolute atomic E-state index is 5.60. The summed E-state index contributed by atoms with van der Waals surface area (Å²) in [7, 11) is 0. The van der Waals surface area contributed by atoms with Crippen LogP contribution in [0.3, 0.4) is 0 Å². The Morgan fingerprint density at radius 2 is 2.19 bits per heavy atom. The number of hydrogen-bond donors (Lipinski definition) is 2. The average molecular weight is 236 g/mol. The van der Waals surface area contributed by atoms with Gasteiger partial charge in [0.2, 0.25) is 0 Å². The molecular formula is C11H16N4S. The number of rotatable bonds is 3. The van der Waals surface area contributed by atoms with Crippen LogP contribution in [0, 0.1) is 13.8 Å². The molecule has 0 aliphatic rings. The number of nitrogens with two attached hydrogens (primary N) is 1. The van der Waals surface area contributed by atoms with Gasteiger partial charge in [0.05, 0.1) is 5.39 Å². The first kappa shape index (κ1) is 11.3. The molecular weight excluding hydrogens is 220 g/mol. The van der Waals surface area contributed by atoms with E-state index in [4.69, 9.17) is 5.73 Å². The molecule has 0 spiro atoms. The Labute approximate surface area is 98.9 Å². The molecule has 0 aliphatic carbocycles. The smallest absolute Gasteiger partial charge is 0.138 e. The van der Waals surface area contributed by atoms with Crippen molar-refractivity contribution in [2.45, 2.75) is 26.8 Å². The van der Waals surface area contributed by atoms with Crippen molar-refractivity contribution in [1.29, 1.82) is 0 Å². The summed E-state index contributed by atoms with van der Waals surface area (Å²) in [5.41, 5.74) is 6.86. The minimum Gasteiger partial charge on any atom is -0.366 e. The van der Waals surface area contributed by atoms with Gasteiger partial charge in [0.15, 0.2) is 0 Å². The average Bonchev–Trinajstić information content (AvgIpc) is 2.56. The van der Waals surface area contributed by atoms with Crippen LogP contribution in [0.25, 0.3) is 10.2 Å². The van der Waals surface area contributed by atoms with Gasteiger partial charge in [-0.3, -0.25) is 0 Å². The van der Waals surface area contributed by atoms with E-state index in [2.05, 4.69) is 29.1 Å². The summed E-state index contributed by atoms with van der Waals surface area (Å²) in [6.07, 6.45) is 1.60. The van der Waals surface area contributed by atoms with Crippen molar-refractivity contribution in [3.63, 3.8) is 0 Å². The minimum atomic E-state index is 0.220. The molecule has 0 fully saturated rings. The van der Waals surface area contributed by atoms with Crippen molar-refractivity contribution in [3.8, 4) is 0 Å². The second-order valence-corrected chi connectivity index (χ2v) is 5.17. The monoisotopic (exact) mass is 236 g/mol. The molecule has 0 saturated heterocycles. The zero-order valence-corrected chi connectivity index (χ0v) is 10.6. The molecule has 0 bridgehead atoms. The Bertz CT molecular complexity index is 506. The van der Waals surface area contributed by atoms with Gasteiger partial charge in [0.1, 0.15) is 17.0 Å². The summed E-state index contributed by atoms with van der Waals surface area (Å²) in [5.74, 6) is 0.893. The highest BCUT2D eigenvalue weighted by Gasteiger charge is 2.12. The third-order valence-electron chi connectivity index (χ3n) is 2.70. The number of thiophene rings is 1. The van der Waals surface area contributed by atoms with E-state index in [9.17, 15) is 0 Å². The van der Waals surface area contributed by atoms with Crippen molar-refractivity contribution >= 4 is 27.4 Å². The quantitative estimate of drug-likeness (QED) is 0.856. The molecule has 86 valence electrons. The fourth-order valence-electron chi connectivity index (χ4n) is 1.58. The number of nitrogens with one attached hydrogen (secondary N) is 1. The number of hydrogen-bond acceptors (Lipinski definition) is 5. The van der Waals surface area contributed by atoms with E-state index in [-0.39, 0.29) is 6.04 Å². The highest BCUT2D eigenvalue weighted by molar-refractivity contribution is 7.18.